The SMILES string of the molecule is CCCc1cc(N2CCCC(NC)C2)nc(Nc2cc(N)cc(C#N)c2)n1. The molecule has 1 atom stereocenters. The third kappa shape index (κ3) is 4.86. The van der Waals surface area contributed by atoms with E-state index in [1.54, 1.807) is 18.2 Å². The van der Waals surface area contributed by atoms with Crippen LogP contribution in [0.5, 0.6) is 0 Å². The van der Waals surface area contributed by atoms with E-state index < -0.39 is 0 Å². The van der Waals surface area contributed by atoms with Crippen LogP contribution in [0.3, 0.4) is 0 Å². The van der Waals surface area contributed by atoms with Gasteiger partial charge in [-0.25, -0.2) is 4.98 Å². The molecule has 0 aliphatic carbocycles. The van der Waals surface area contributed by atoms with E-state index >= 15 is 0 Å². The summed E-state index contributed by atoms with van der Waals surface area (Å²) in [5.41, 5.74) is 8.68. The van der Waals surface area contributed by atoms with Crippen molar-refractivity contribution in [2.45, 2.75) is 38.6 Å². The Morgan fingerprint density at radius 3 is 2.89 bits per heavy atom. The quantitative estimate of drug-likeness (QED) is 0.676. The third-order valence-electron chi connectivity index (χ3n) is 4.77. The monoisotopic (exact) mass is 365 g/mol. The molecule has 1 aliphatic heterocycles. The van der Waals surface area contributed by atoms with Gasteiger partial charge in [0.2, 0.25) is 5.95 Å². The van der Waals surface area contributed by atoms with E-state index in [4.69, 9.17) is 16.0 Å². The minimum absolute atomic E-state index is 0.479. The Balaban J connectivity index is 1.89. The molecular formula is C20H27N7. The molecule has 1 unspecified atom stereocenters. The number of nitrogens with two attached hydrogens (primary N) is 1. The van der Waals surface area contributed by atoms with Crippen LogP contribution >= 0.6 is 0 Å². The van der Waals surface area contributed by atoms with Crippen LogP contribution in [0.2, 0.25) is 0 Å². The number of hydrogen-bond donors (Lipinski definition) is 3. The molecule has 2 heterocycles. The van der Waals surface area contributed by atoms with Gasteiger partial charge in [0.1, 0.15) is 5.82 Å². The van der Waals surface area contributed by atoms with Crippen LogP contribution in [0.25, 0.3) is 0 Å². The fourth-order valence-electron chi connectivity index (χ4n) is 3.42. The molecule has 7 heteroatoms. The van der Waals surface area contributed by atoms with Crippen LogP contribution < -0.4 is 21.3 Å². The summed E-state index contributed by atoms with van der Waals surface area (Å²) in [4.78, 5) is 11.7. The zero-order valence-corrected chi connectivity index (χ0v) is 16.0. The molecule has 0 saturated carbocycles. The predicted molar refractivity (Wildman–Crippen MR) is 109 cm³/mol. The molecule has 1 aliphatic rings. The fraction of sp³-hybridized carbons (Fsp3) is 0.450. The van der Waals surface area contributed by atoms with E-state index in [1.807, 2.05) is 7.05 Å². The highest BCUT2D eigenvalue weighted by atomic mass is 15.2. The average molecular weight is 365 g/mol. The maximum absolute atomic E-state index is 9.15. The largest absolute Gasteiger partial charge is 0.399 e. The first-order valence-electron chi connectivity index (χ1n) is 9.49. The van der Waals surface area contributed by atoms with E-state index in [0.29, 0.717) is 23.2 Å². The first-order valence-corrected chi connectivity index (χ1v) is 9.49. The summed E-state index contributed by atoms with van der Waals surface area (Å²) < 4.78 is 0. The van der Waals surface area contributed by atoms with Gasteiger partial charge in [-0.15, -0.1) is 0 Å². The van der Waals surface area contributed by atoms with Crippen molar-refractivity contribution in [1.82, 2.24) is 15.3 Å². The van der Waals surface area contributed by atoms with E-state index in [9.17, 15) is 0 Å². The molecule has 27 heavy (non-hydrogen) atoms. The Labute approximate surface area is 160 Å². The number of benzene rings is 1. The third-order valence-corrected chi connectivity index (χ3v) is 4.77. The van der Waals surface area contributed by atoms with Gasteiger partial charge in [0.05, 0.1) is 11.6 Å². The molecule has 0 radical (unpaired) electrons. The van der Waals surface area contributed by atoms with Crippen LogP contribution in [0.4, 0.5) is 23.1 Å². The lowest BCUT2D eigenvalue weighted by molar-refractivity contribution is 0.447. The van der Waals surface area contributed by atoms with Crippen molar-refractivity contribution >= 4 is 23.1 Å². The Hall–Kier alpha value is -2.85. The molecule has 142 valence electrons. The second-order valence-corrected chi connectivity index (χ2v) is 6.95. The lowest BCUT2D eigenvalue weighted by Crippen LogP contribution is -2.44. The zero-order chi connectivity index (χ0) is 19.2. The Morgan fingerprint density at radius 1 is 1.30 bits per heavy atom. The van der Waals surface area contributed by atoms with Gasteiger partial charge in [-0.05, 0) is 44.5 Å². The molecular weight excluding hydrogens is 338 g/mol. The second kappa shape index (κ2) is 8.69. The lowest BCUT2D eigenvalue weighted by Gasteiger charge is -2.33. The fourth-order valence-corrected chi connectivity index (χ4v) is 3.42. The molecule has 1 aromatic heterocycles. The van der Waals surface area contributed by atoms with Crippen LogP contribution in [0.15, 0.2) is 24.3 Å². The van der Waals surface area contributed by atoms with Crippen molar-refractivity contribution in [1.29, 1.82) is 5.26 Å². The van der Waals surface area contributed by atoms with Gasteiger partial charge < -0.3 is 21.3 Å². The highest BCUT2D eigenvalue weighted by Crippen LogP contribution is 2.24. The van der Waals surface area contributed by atoms with Gasteiger partial charge >= 0.3 is 0 Å². The minimum atomic E-state index is 0.479. The number of nitrogens with zero attached hydrogens (tertiary/aromatic N) is 4. The van der Waals surface area contributed by atoms with Gasteiger partial charge in [-0.1, -0.05) is 13.3 Å². The topological polar surface area (TPSA) is 103 Å². The number of hydrogen-bond acceptors (Lipinski definition) is 7. The molecule has 1 fully saturated rings. The average Bonchev–Trinajstić information content (AvgIpc) is 2.67. The standard InChI is InChI=1S/C20H27N7/c1-3-5-16-11-19(27-7-4-6-17(13-27)23-2)26-20(24-16)25-18-9-14(12-21)8-15(22)10-18/h8-11,17,23H,3-7,13,22H2,1-2H3,(H,24,25,26). The normalized spacial score (nSPS) is 16.8. The summed E-state index contributed by atoms with van der Waals surface area (Å²) in [5, 5.41) is 15.8. The summed E-state index contributed by atoms with van der Waals surface area (Å²) in [7, 11) is 2.01. The highest BCUT2D eigenvalue weighted by molar-refractivity contribution is 5.64. The molecule has 3 rings (SSSR count). The van der Waals surface area contributed by atoms with E-state index in [-0.39, 0.29) is 0 Å². The highest BCUT2D eigenvalue weighted by Gasteiger charge is 2.20. The maximum atomic E-state index is 9.15. The number of piperidine rings is 1. The van der Waals surface area contributed by atoms with Gasteiger partial charge in [-0.3, -0.25) is 0 Å². The van der Waals surface area contributed by atoms with Crippen molar-refractivity contribution in [3.8, 4) is 6.07 Å². The first-order chi connectivity index (χ1) is 13.1. The summed E-state index contributed by atoms with van der Waals surface area (Å²) in [6, 6.07) is 9.88. The van der Waals surface area contributed by atoms with E-state index in [1.165, 1.54) is 6.42 Å². The lowest BCUT2D eigenvalue weighted by atomic mass is 10.1. The summed E-state index contributed by atoms with van der Waals surface area (Å²) in [5.74, 6) is 1.48. The van der Waals surface area contributed by atoms with Gasteiger partial charge in [-0.2, -0.15) is 10.2 Å². The minimum Gasteiger partial charge on any atom is -0.399 e. The second-order valence-electron chi connectivity index (χ2n) is 6.95. The van der Waals surface area contributed by atoms with Crippen molar-refractivity contribution in [3.63, 3.8) is 0 Å². The number of aromatic nitrogens is 2. The number of nitrogens with one attached hydrogen (secondary N) is 2. The van der Waals surface area contributed by atoms with Crippen LogP contribution in [0.1, 0.15) is 37.4 Å². The first kappa shape index (κ1) is 18.9. The molecule has 1 saturated heterocycles. The van der Waals surface area contributed by atoms with Crippen molar-refractivity contribution in [2.24, 2.45) is 0 Å². The molecule has 1 aromatic carbocycles. The summed E-state index contributed by atoms with van der Waals surface area (Å²) in [6.45, 7) is 4.08. The zero-order valence-electron chi connectivity index (χ0n) is 16.0. The van der Waals surface area contributed by atoms with Gasteiger partial charge in [0.25, 0.3) is 0 Å². The molecule has 4 N–H and O–H groups in total. The molecule has 0 spiro atoms. The number of anilines is 4. The Bertz CT molecular complexity index is 828. The van der Waals surface area contributed by atoms with Gasteiger partial charge in [0, 0.05) is 42.3 Å². The van der Waals surface area contributed by atoms with E-state index in [2.05, 4.69) is 39.6 Å². The van der Waals surface area contributed by atoms with Crippen LogP contribution in [0, 0.1) is 11.3 Å². The Kier molecular flexibility index (Phi) is 6.09. The summed E-state index contributed by atoms with van der Waals surface area (Å²) >= 11 is 0. The van der Waals surface area contributed by atoms with Crippen molar-refractivity contribution in [3.05, 3.63) is 35.5 Å². The maximum Gasteiger partial charge on any atom is 0.229 e. The Morgan fingerprint density at radius 2 is 2.15 bits per heavy atom. The van der Waals surface area contributed by atoms with E-state index in [0.717, 1.165) is 49.6 Å². The van der Waals surface area contributed by atoms with Crippen LogP contribution in [-0.2, 0) is 6.42 Å². The summed E-state index contributed by atoms with van der Waals surface area (Å²) in [6.07, 6.45) is 4.24. The van der Waals surface area contributed by atoms with Gasteiger partial charge in [0.15, 0.2) is 0 Å². The molecule has 7 nitrogen and oxygen atoms in total. The molecule has 0 amide bonds. The number of aryl methyl sites for hydroxylation is 1. The van der Waals surface area contributed by atoms with Crippen molar-refractivity contribution < 1.29 is 0 Å². The number of likely N-dealkylation sites (N-methyl/N-ethyl adjacent to an activating group) is 1. The smallest absolute Gasteiger partial charge is 0.229 e. The number of nitriles is 1. The number of rotatable bonds is 6. The van der Waals surface area contributed by atoms with Crippen LogP contribution in [-0.4, -0.2) is 36.1 Å². The molecule has 2 aromatic rings. The van der Waals surface area contributed by atoms with Crippen molar-refractivity contribution in [2.75, 3.05) is 36.1 Å². The predicted octanol–water partition coefficient (Wildman–Crippen LogP) is 2.81. The number of nitrogen functional groups attached to an aromatic ring is 1. The molecule has 0 bridgehead atoms.